The lowest BCUT2D eigenvalue weighted by Crippen LogP contribution is -2.19. The van der Waals surface area contributed by atoms with Crippen LogP contribution in [0.2, 0.25) is 5.02 Å². The van der Waals surface area contributed by atoms with Crippen LogP contribution < -0.4 is 10.0 Å². The lowest BCUT2D eigenvalue weighted by atomic mass is 10.1. The van der Waals surface area contributed by atoms with Crippen molar-refractivity contribution in [3.8, 4) is 0 Å². The first-order valence-corrected chi connectivity index (χ1v) is 13.2. The number of nitrogens with one attached hydrogen (secondary N) is 2. The molecule has 174 valence electrons. The van der Waals surface area contributed by atoms with E-state index < -0.39 is 15.3 Å². The first-order valence-electron chi connectivity index (χ1n) is 11.3. The van der Waals surface area contributed by atoms with Crippen LogP contribution in [0.5, 0.6) is 0 Å². The molecule has 8 nitrogen and oxygen atoms in total. The maximum Gasteiger partial charge on any atom is 0.237 e. The van der Waals surface area contributed by atoms with Gasteiger partial charge in [-0.1, -0.05) is 29.8 Å². The Morgan fingerprint density at radius 2 is 1.88 bits per heavy atom. The number of hydrogen-bond acceptors (Lipinski definition) is 6. The number of hydrogen-bond donors (Lipinski definition) is 2. The summed E-state index contributed by atoms with van der Waals surface area (Å²) in [5, 5.41) is 3.31. The minimum Gasteiger partial charge on any atom is -0.364 e. The highest BCUT2D eigenvalue weighted by Gasteiger charge is 2.48. The number of fused-ring (bicyclic) bond motifs is 1. The van der Waals surface area contributed by atoms with Crippen LogP contribution in [0.15, 0.2) is 61.2 Å². The highest BCUT2D eigenvalue weighted by atomic mass is 35.5. The van der Waals surface area contributed by atoms with Gasteiger partial charge in [0.25, 0.3) is 0 Å². The highest BCUT2D eigenvalue weighted by Crippen LogP contribution is 2.46. The molecule has 0 radical (unpaired) electrons. The van der Waals surface area contributed by atoms with Crippen LogP contribution in [0.25, 0.3) is 5.65 Å². The van der Waals surface area contributed by atoms with Crippen molar-refractivity contribution in [1.82, 2.24) is 19.4 Å². The van der Waals surface area contributed by atoms with Gasteiger partial charge in [-0.25, -0.2) is 23.4 Å². The summed E-state index contributed by atoms with van der Waals surface area (Å²) in [7, 11) is -3.58. The Labute approximate surface area is 202 Å². The van der Waals surface area contributed by atoms with Gasteiger partial charge in [0.05, 0.1) is 17.5 Å². The number of aromatic nitrogens is 4. The van der Waals surface area contributed by atoms with Crippen molar-refractivity contribution >= 4 is 38.9 Å². The molecule has 2 unspecified atom stereocenters. The van der Waals surface area contributed by atoms with Crippen molar-refractivity contribution in [2.45, 2.75) is 42.9 Å². The Morgan fingerprint density at radius 1 is 1.03 bits per heavy atom. The molecule has 2 atom stereocenters. The topological polar surface area (TPSA) is 101 Å². The summed E-state index contributed by atoms with van der Waals surface area (Å²) < 4.78 is 30.4. The summed E-state index contributed by atoms with van der Waals surface area (Å²) in [6.45, 7) is 0.461. The van der Waals surface area contributed by atoms with Crippen LogP contribution in [0.3, 0.4) is 0 Å². The maximum absolute atomic E-state index is 12.9. The second kappa shape index (κ2) is 8.25. The molecular weight excluding hydrogens is 472 g/mol. The maximum atomic E-state index is 12.9. The predicted molar refractivity (Wildman–Crippen MR) is 132 cm³/mol. The number of halogens is 1. The van der Waals surface area contributed by atoms with Crippen molar-refractivity contribution in [3.63, 3.8) is 0 Å². The number of nitrogens with zero attached hydrogens (tertiary/aromatic N) is 4. The van der Waals surface area contributed by atoms with Gasteiger partial charge in [-0.15, -0.1) is 0 Å². The Morgan fingerprint density at radius 3 is 2.71 bits per heavy atom. The van der Waals surface area contributed by atoms with E-state index in [1.54, 1.807) is 12.1 Å². The summed E-state index contributed by atoms with van der Waals surface area (Å²) in [5.41, 5.74) is 4.06. The Bertz CT molecular complexity index is 1480. The molecular formula is C24H23ClN6O2S. The minimum absolute atomic E-state index is 0.0638. The van der Waals surface area contributed by atoms with Crippen LogP contribution in [0.1, 0.15) is 47.9 Å². The van der Waals surface area contributed by atoms with E-state index in [9.17, 15) is 8.42 Å². The molecule has 6 rings (SSSR count). The van der Waals surface area contributed by atoms with Gasteiger partial charge in [0.2, 0.25) is 10.0 Å². The van der Waals surface area contributed by atoms with Crippen molar-refractivity contribution in [2.75, 3.05) is 10.0 Å². The zero-order valence-corrected chi connectivity index (χ0v) is 19.8. The lowest BCUT2D eigenvalue weighted by molar-refractivity contribution is 0.599. The van der Waals surface area contributed by atoms with E-state index in [1.807, 2.05) is 30.5 Å². The number of rotatable bonds is 8. The van der Waals surface area contributed by atoms with Crippen molar-refractivity contribution in [1.29, 1.82) is 0 Å². The molecule has 3 aromatic heterocycles. The van der Waals surface area contributed by atoms with E-state index in [0.717, 1.165) is 16.9 Å². The fourth-order valence-corrected chi connectivity index (χ4v) is 6.12. The molecule has 0 spiro atoms. The fourth-order valence-electron chi connectivity index (χ4n) is 4.32. The van der Waals surface area contributed by atoms with Crippen LogP contribution in [0.4, 0.5) is 11.6 Å². The summed E-state index contributed by atoms with van der Waals surface area (Å²) in [4.78, 5) is 12.9. The summed E-state index contributed by atoms with van der Waals surface area (Å²) in [6, 6.07) is 13.1. The van der Waals surface area contributed by atoms with Gasteiger partial charge < -0.3 is 9.72 Å². The molecule has 1 aromatic carbocycles. The van der Waals surface area contributed by atoms with Gasteiger partial charge in [0.1, 0.15) is 23.6 Å². The molecule has 10 heteroatoms. The van der Waals surface area contributed by atoms with Crippen molar-refractivity contribution in [3.05, 3.63) is 83.0 Å². The summed E-state index contributed by atoms with van der Waals surface area (Å²) in [5.74, 6) is 1.38. The van der Waals surface area contributed by atoms with Crippen LogP contribution >= 0.6 is 11.6 Å². The SMILES string of the molecule is O=S(=O)(Nc1cc(NCc2cn3cc(C4CC4)ccc3n2)ncn1)C1CC1c1cccc(Cl)c1. The van der Waals surface area contributed by atoms with E-state index in [0.29, 0.717) is 29.7 Å². The minimum atomic E-state index is -3.58. The standard InChI is InChI=1S/C24H23ClN6O2S/c25-18-3-1-2-16(8-18)20-9-21(20)34(32,33)30-23-10-22(27-14-28-23)26-11-19-13-31-12-17(15-4-5-15)6-7-24(31)29-19/h1-3,6-8,10,12-15,20-21H,4-5,9,11H2,(H2,26,27,28,30). The van der Waals surface area contributed by atoms with E-state index in [2.05, 4.69) is 41.7 Å². The zero-order valence-electron chi connectivity index (χ0n) is 18.2. The quantitative estimate of drug-likeness (QED) is 0.372. The van der Waals surface area contributed by atoms with Gasteiger partial charge in [-0.3, -0.25) is 4.72 Å². The van der Waals surface area contributed by atoms with Gasteiger partial charge in [0.15, 0.2) is 0 Å². The first kappa shape index (κ1) is 21.4. The molecule has 2 N–H and O–H groups in total. The van der Waals surface area contributed by atoms with Crippen molar-refractivity contribution < 1.29 is 8.42 Å². The van der Waals surface area contributed by atoms with E-state index in [1.165, 1.54) is 24.7 Å². The molecule has 3 heterocycles. The third-order valence-electron chi connectivity index (χ3n) is 6.34. The molecule has 2 aliphatic carbocycles. The van der Waals surface area contributed by atoms with E-state index in [-0.39, 0.29) is 11.7 Å². The number of sulfonamides is 1. The average molecular weight is 495 g/mol. The number of anilines is 2. The van der Waals surface area contributed by atoms with Crippen LogP contribution in [0, 0.1) is 0 Å². The second-order valence-corrected chi connectivity index (χ2v) is 11.3. The third kappa shape index (κ3) is 4.45. The molecule has 0 amide bonds. The third-order valence-corrected chi connectivity index (χ3v) is 8.39. The van der Waals surface area contributed by atoms with Gasteiger partial charge in [-0.05, 0) is 54.5 Å². The van der Waals surface area contributed by atoms with Gasteiger partial charge in [0, 0.05) is 29.4 Å². The lowest BCUT2D eigenvalue weighted by Gasteiger charge is -2.09. The van der Waals surface area contributed by atoms with E-state index >= 15 is 0 Å². The second-order valence-electron chi connectivity index (χ2n) is 8.96. The fraction of sp³-hybridized carbons (Fsp3) is 0.292. The monoisotopic (exact) mass is 494 g/mol. The molecule has 0 aliphatic heterocycles. The normalized spacial score (nSPS) is 19.8. The van der Waals surface area contributed by atoms with Gasteiger partial charge in [-0.2, -0.15) is 0 Å². The first-order chi connectivity index (χ1) is 16.4. The molecule has 34 heavy (non-hydrogen) atoms. The molecule has 0 saturated heterocycles. The molecule has 2 saturated carbocycles. The van der Waals surface area contributed by atoms with Crippen LogP contribution in [-0.2, 0) is 16.6 Å². The number of pyridine rings is 1. The Hall–Kier alpha value is -3.17. The molecule has 2 fully saturated rings. The Kier molecular flexibility index (Phi) is 5.18. The highest BCUT2D eigenvalue weighted by molar-refractivity contribution is 7.93. The number of benzene rings is 1. The summed E-state index contributed by atoms with van der Waals surface area (Å²) in [6.07, 6.45) is 8.57. The Balaban J connectivity index is 1.11. The van der Waals surface area contributed by atoms with E-state index in [4.69, 9.17) is 11.6 Å². The molecule has 4 aromatic rings. The van der Waals surface area contributed by atoms with Gasteiger partial charge >= 0.3 is 0 Å². The molecule has 2 aliphatic rings. The van der Waals surface area contributed by atoms with Crippen LogP contribution in [-0.4, -0.2) is 33.0 Å². The molecule has 0 bridgehead atoms. The number of imidazole rings is 1. The summed E-state index contributed by atoms with van der Waals surface area (Å²) >= 11 is 6.05. The van der Waals surface area contributed by atoms with Crippen molar-refractivity contribution in [2.24, 2.45) is 0 Å². The zero-order chi connectivity index (χ0) is 23.3. The largest absolute Gasteiger partial charge is 0.364 e. The average Bonchev–Trinajstić information content (AvgIpc) is 3.73. The smallest absolute Gasteiger partial charge is 0.237 e. The predicted octanol–water partition coefficient (Wildman–Crippen LogP) is 4.57.